The average Bonchev–Trinajstić information content (AvgIpc) is 2.84. The molecule has 0 aliphatic rings. The fourth-order valence-corrected chi connectivity index (χ4v) is 5.03. The summed E-state index contributed by atoms with van der Waals surface area (Å²) in [6.07, 6.45) is 29.1. The largest absolute Gasteiger partial charge is 0.428 e. The Hall–Kier alpha value is 0.524. The molecule has 0 heterocycles. The maximum atomic E-state index is 9.43. The summed E-state index contributed by atoms with van der Waals surface area (Å²) < 4.78 is 2.09. The van der Waals surface area contributed by atoms with Crippen LogP contribution < -0.4 is 0 Å². The second-order valence-electron chi connectivity index (χ2n) is 10.8. The highest BCUT2D eigenvalue weighted by Crippen LogP contribution is 2.04. The molecule has 2 N–H and O–H groups in total. The SMILES string of the molecule is CCCCC/C=C/Br.CCCCC/C=C/[Si](C)(C)O.CCCCCC=CI.CCCCCC=C[Si](C)(C)O. The number of hydrogen-bond acceptors (Lipinski definition) is 2. The molecule has 0 aromatic rings. The smallest absolute Gasteiger partial charge is 0.206 e. The molecule has 0 atom stereocenters. The second-order valence-corrected chi connectivity index (χ2v) is 19.3. The highest BCUT2D eigenvalue weighted by atomic mass is 127. The zero-order valence-electron chi connectivity index (χ0n) is 26.6. The first-order valence-corrected chi connectivity index (χ1v) is 23.5. The van der Waals surface area contributed by atoms with Gasteiger partial charge in [-0.1, -0.05) is 153 Å². The van der Waals surface area contributed by atoms with Gasteiger partial charge in [0.1, 0.15) is 0 Å². The first-order chi connectivity index (χ1) is 17.9. The zero-order valence-corrected chi connectivity index (χ0v) is 32.3. The molecule has 0 aliphatic carbocycles. The molecule has 0 aromatic heterocycles. The normalized spacial score (nSPS) is 11.9. The minimum atomic E-state index is -1.90. The Morgan fingerprint density at radius 2 is 0.816 bits per heavy atom. The highest BCUT2D eigenvalue weighted by Gasteiger charge is 2.10. The summed E-state index contributed by atoms with van der Waals surface area (Å²) in [6.45, 7) is 16.6. The lowest BCUT2D eigenvalue weighted by Crippen LogP contribution is -2.21. The van der Waals surface area contributed by atoms with Gasteiger partial charge in [0.25, 0.3) is 0 Å². The molecule has 0 saturated carbocycles. The van der Waals surface area contributed by atoms with Crippen molar-refractivity contribution in [2.75, 3.05) is 0 Å². The summed E-state index contributed by atoms with van der Waals surface area (Å²) in [4.78, 5) is 20.8. The van der Waals surface area contributed by atoms with E-state index in [9.17, 15) is 9.59 Å². The summed E-state index contributed by atoms with van der Waals surface area (Å²) in [7, 11) is -3.80. The number of hydrogen-bond donors (Lipinski definition) is 2. The van der Waals surface area contributed by atoms with Crippen molar-refractivity contribution in [1.29, 1.82) is 0 Å². The van der Waals surface area contributed by atoms with Crippen molar-refractivity contribution in [3.05, 3.63) is 44.8 Å². The Morgan fingerprint density at radius 3 is 1.05 bits per heavy atom. The molecule has 0 aliphatic heterocycles. The second kappa shape index (κ2) is 37.5. The maximum absolute atomic E-state index is 9.43. The third-order valence-electron chi connectivity index (χ3n) is 5.13. The fourth-order valence-electron chi connectivity index (χ4n) is 2.92. The molecule has 38 heavy (non-hydrogen) atoms. The van der Waals surface area contributed by atoms with E-state index in [4.69, 9.17) is 0 Å². The summed E-state index contributed by atoms with van der Waals surface area (Å²) in [6, 6.07) is 0. The molecule has 2 nitrogen and oxygen atoms in total. The van der Waals surface area contributed by atoms with Gasteiger partial charge in [-0.25, -0.2) is 0 Å². The van der Waals surface area contributed by atoms with Crippen molar-refractivity contribution in [3.8, 4) is 0 Å². The number of unbranched alkanes of at least 4 members (excludes halogenated alkanes) is 12. The van der Waals surface area contributed by atoms with Crippen molar-refractivity contribution in [2.45, 2.75) is 157 Å². The van der Waals surface area contributed by atoms with E-state index in [1.807, 2.05) is 42.6 Å². The minimum absolute atomic E-state index is 1.13. The lowest BCUT2D eigenvalue weighted by molar-refractivity contribution is 0.566. The van der Waals surface area contributed by atoms with Gasteiger partial charge < -0.3 is 9.59 Å². The molecule has 0 saturated heterocycles. The predicted octanol–water partition coefficient (Wildman–Crippen LogP) is 12.7. The lowest BCUT2D eigenvalue weighted by Gasteiger charge is -2.05. The lowest BCUT2D eigenvalue weighted by atomic mass is 10.2. The first kappa shape index (κ1) is 45.5. The first-order valence-electron chi connectivity index (χ1n) is 15.3. The maximum Gasteiger partial charge on any atom is 0.206 e. The van der Waals surface area contributed by atoms with E-state index < -0.39 is 16.6 Å². The third-order valence-corrected chi connectivity index (χ3v) is 8.11. The van der Waals surface area contributed by atoms with E-state index in [-0.39, 0.29) is 0 Å². The van der Waals surface area contributed by atoms with Crippen LogP contribution in [0.2, 0.25) is 26.2 Å². The van der Waals surface area contributed by atoms with Gasteiger partial charge in [0.15, 0.2) is 0 Å². The van der Waals surface area contributed by atoms with E-state index in [1.54, 1.807) is 0 Å². The Kier molecular flexibility index (Phi) is 44.9. The summed E-state index contributed by atoms with van der Waals surface area (Å²) in [5.41, 5.74) is 4.01. The van der Waals surface area contributed by atoms with Crippen molar-refractivity contribution < 1.29 is 9.59 Å². The topological polar surface area (TPSA) is 40.5 Å². The highest BCUT2D eigenvalue weighted by molar-refractivity contribution is 14.1. The molecule has 0 fully saturated rings. The van der Waals surface area contributed by atoms with Crippen LogP contribution in [0, 0.1) is 0 Å². The molecule has 0 unspecified atom stereocenters. The number of rotatable bonds is 18. The Morgan fingerprint density at radius 1 is 0.526 bits per heavy atom. The summed E-state index contributed by atoms with van der Waals surface area (Å²) in [5.74, 6) is 0. The van der Waals surface area contributed by atoms with Crippen molar-refractivity contribution in [2.24, 2.45) is 0 Å². The van der Waals surface area contributed by atoms with Crippen LogP contribution in [0.4, 0.5) is 0 Å². The summed E-state index contributed by atoms with van der Waals surface area (Å²) in [5, 5.41) is 0. The predicted molar refractivity (Wildman–Crippen MR) is 195 cm³/mol. The fraction of sp³-hybridized carbons (Fsp3) is 0.750. The van der Waals surface area contributed by atoms with Gasteiger partial charge in [0.2, 0.25) is 16.6 Å². The average molecular weight is 746 g/mol. The van der Waals surface area contributed by atoms with Gasteiger partial charge >= 0.3 is 0 Å². The van der Waals surface area contributed by atoms with Crippen LogP contribution in [0.15, 0.2) is 44.8 Å². The summed E-state index contributed by atoms with van der Waals surface area (Å²) >= 11 is 5.48. The van der Waals surface area contributed by atoms with Gasteiger partial charge in [0.05, 0.1) is 0 Å². The van der Waals surface area contributed by atoms with Crippen LogP contribution in [0.25, 0.3) is 0 Å². The van der Waals surface area contributed by atoms with Gasteiger partial charge in [-0.15, -0.1) is 0 Å². The molecular formula is C32H66BrIO2Si2. The molecule has 0 amide bonds. The van der Waals surface area contributed by atoms with Crippen LogP contribution in [0.3, 0.4) is 0 Å². The number of allylic oxidation sites excluding steroid dienone is 4. The Labute approximate surface area is 264 Å². The van der Waals surface area contributed by atoms with Crippen molar-refractivity contribution in [3.63, 3.8) is 0 Å². The van der Waals surface area contributed by atoms with E-state index in [0.29, 0.717) is 0 Å². The molecule has 0 aromatic carbocycles. The van der Waals surface area contributed by atoms with Crippen LogP contribution in [-0.2, 0) is 0 Å². The van der Waals surface area contributed by atoms with Crippen LogP contribution >= 0.6 is 38.5 Å². The Bertz CT molecular complexity index is 489. The van der Waals surface area contributed by atoms with Gasteiger partial charge in [-0.05, 0) is 86.6 Å². The quantitative estimate of drug-likeness (QED) is 0.0833. The van der Waals surface area contributed by atoms with Gasteiger partial charge in [0, 0.05) is 0 Å². The van der Waals surface area contributed by atoms with E-state index >= 15 is 0 Å². The van der Waals surface area contributed by atoms with E-state index in [1.165, 1.54) is 89.9 Å². The van der Waals surface area contributed by atoms with Crippen LogP contribution in [-0.4, -0.2) is 26.2 Å². The number of halogens is 2. The molecule has 0 spiro atoms. The molecular weight excluding hydrogens is 679 g/mol. The van der Waals surface area contributed by atoms with Crippen LogP contribution in [0.1, 0.15) is 130 Å². The van der Waals surface area contributed by atoms with Gasteiger partial charge in [-0.2, -0.15) is 0 Å². The standard InChI is InChI=1S/2C9H20OSi.C7H13Br.C7H13I/c2*1-4-5-6-7-8-9-11(2,3)10;2*1-2-3-4-5-6-7-8/h2*8-10H,4-7H2,1-3H3;2*6-7H,2-5H2,1H3/b9-8+;;7-6+;. The molecule has 6 heteroatoms. The zero-order chi connectivity index (χ0) is 30.0. The third kappa shape index (κ3) is 65.5. The van der Waals surface area contributed by atoms with Gasteiger partial charge in [-0.3, -0.25) is 0 Å². The van der Waals surface area contributed by atoms with E-state index in [2.05, 4.69) is 94.6 Å². The Balaban J connectivity index is -0.000000205. The van der Waals surface area contributed by atoms with Crippen molar-refractivity contribution >= 4 is 55.2 Å². The van der Waals surface area contributed by atoms with Crippen molar-refractivity contribution in [1.82, 2.24) is 0 Å². The molecule has 0 rings (SSSR count). The van der Waals surface area contributed by atoms with Crippen LogP contribution in [0.5, 0.6) is 0 Å². The van der Waals surface area contributed by atoms with E-state index in [0.717, 1.165) is 12.8 Å². The molecule has 228 valence electrons. The molecule has 0 radical (unpaired) electrons. The molecule has 0 bridgehead atoms. The monoisotopic (exact) mass is 744 g/mol. The minimum Gasteiger partial charge on any atom is -0.428 e.